The number of benzene rings is 1. The summed E-state index contributed by atoms with van der Waals surface area (Å²) in [5, 5.41) is 2.93. The van der Waals surface area contributed by atoms with Crippen molar-refractivity contribution < 1.29 is 14.3 Å². The first kappa shape index (κ1) is 15.8. The summed E-state index contributed by atoms with van der Waals surface area (Å²) in [5.41, 5.74) is 1.14. The van der Waals surface area contributed by atoms with Crippen molar-refractivity contribution in [2.75, 3.05) is 26.7 Å². The van der Waals surface area contributed by atoms with Crippen LogP contribution in [0.4, 0.5) is 0 Å². The third-order valence-electron chi connectivity index (χ3n) is 4.51. The van der Waals surface area contributed by atoms with Crippen molar-refractivity contribution >= 4 is 11.8 Å². The van der Waals surface area contributed by atoms with E-state index in [0.29, 0.717) is 13.1 Å². The van der Waals surface area contributed by atoms with E-state index in [2.05, 4.69) is 10.2 Å². The number of carbonyl (C=O) groups excluding carboxylic acids is 2. The van der Waals surface area contributed by atoms with Gasteiger partial charge in [0.05, 0.1) is 13.7 Å². The van der Waals surface area contributed by atoms with Crippen LogP contribution in [-0.4, -0.2) is 60.4 Å². The first-order valence-electron chi connectivity index (χ1n) is 7.97. The van der Waals surface area contributed by atoms with Crippen LogP contribution in [0.15, 0.2) is 24.3 Å². The van der Waals surface area contributed by atoms with E-state index in [1.165, 1.54) is 6.92 Å². The van der Waals surface area contributed by atoms with Gasteiger partial charge in [-0.15, -0.1) is 0 Å². The van der Waals surface area contributed by atoms with Crippen molar-refractivity contribution in [1.29, 1.82) is 0 Å². The molecule has 2 unspecified atom stereocenters. The molecule has 2 fully saturated rings. The molecule has 2 aliphatic heterocycles. The van der Waals surface area contributed by atoms with E-state index >= 15 is 0 Å². The molecule has 0 aliphatic carbocycles. The van der Waals surface area contributed by atoms with E-state index in [-0.39, 0.29) is 23.9 Å². The van der Waals surface area contributed by atoms with Gasteiger partial charge >= 0.3 is 0 Å². The van der Waals surface area contributed by atoms with E-state index in [9.17, 15) is 9.59 Å². The smallest absolute Gasteiger partial charge is 0.237 e. The third-order valence-corrected chi connectivity index (χ3v) is 4.51. The third kappa shape index (κ3) is 3.64. The Balaban J connectivity index is 1.63. The maximum atomic E-state index is 12.4. The summed E-state index contributed by atoms with van der Waals surface area (Å²) in [6, 6.07) is 8.22. The molecule has 2 amide bonds. The van der Waals surface area contributed by atoms with Gasteiger partial charge in [0.1, 0.15) is 5.75 Å². The van der Waals surface area contributed by atoms with Crippen molar-refractivity contribution in [3.63, 3.8) is 0 Å². The molecule has 6 nitrogen and oxygen atoms in total. The van der Waals surface area contributed by atoms with Gasteiger partial charge in [0.2, 0.25) is 11.8 Å². The number of amides is 2. The van der Waals surface area contributed by atoms with Crippen LogP contribution in [0.3, 0.4) is 0 Å². The molecule has 3 rings (SSSR count). The Labute approximate surface area is 136 Å². The summed E-state index contributed by atoms with van der Waals surface area (Å²) < 4.78 is 5.25. The van der Waals surface area contributed by atoms with Gasteiger partial charge in [0, 0.05) is 38.6 Å². The van der Waals surface area contributed by atoms with Crippen molar-refractivity contribution in [2.45, 2.75) is 32.0 Å². The zero-order valence-electron chi connectivity index (χ0n) is 13.6. The molecule has 0 spiro atoms. The van der Waals surface area contributed by atoms with Crippen LogP contribution in [0.1, 0.15) is 18.9 Å². The fourth-order valence-corrected chi connectivity index (χ4v) is 3.58. The van der Waals surface area contributed by atoms with E-state index in [1.807, 2.05) is 29.2 Å². The zero-order valence-corrected chi connectivity index (χ0v) is 13.6. The molecule has 23 heavy (non-hydrogen) atoms. The lowest BCUT2D eigenvalue weighted by Crippen LogP contribution is -2.53. The topological polar surface area (TPSA) is 61.9 Å². The fourth-order valence-electron chi connectivity index (χ4n) is 3.58. The number of nitrogens with one attached hydrogen (secondary N) is 1. The molecule has 0 bridgehead atoms. The van der Waals surface area contributed by atoms with Crippen LogP contribution in [0.2, 0.25) is 0 Å². The molecule has 2 heterocycles. The Morgan fingerprint density at radius 3 is 2.96 bits per heavy atom. The predicted molar refractivity (Wildman–Crippen MR) is 86.0 cm³/mol. The highest BCUT2D eigenvalue weighted by Gasteiger charge is 2.40. The second-order valence-electron chi connectivity index (χ2n) is 6.35. The average Bonchev–Trinajstić information content (AvgIpc) is 2.89. The normalized spacial score (nSPS) is 24.4. The summed E-state index contributed by atoms with van der Waals surface area (Å²) in [6.45, 7) is 4.17. The van der Waals surface area contributed by atoms with E-state index in [4.69, 9.17) is 4.74 Å². The lowest BCUT2D eigenvalue weighted by molar-refractivity contribution is -0.138. The highest BCUT2D eigenvalue weighted by atomic mass is 16.5. The quantitative estimate of drug-likeness (QED) is 0.884. The number of nitrogens with zero attached hydrogens (tertiary/aromatic N) is 2. The van der Waals surface area contributed by atoms with Gasteiger partial charge in [-0.3, -0.25) is 14.5 Å². The highest BCUT2D eigenvalue weighted by Crippen LogP contribution is 2.24. The lowest BCUT2D eigenvalue weighted by Gasteiger charge is -2.36. The molecular weight excluding hydrogens is 294 g/mol. The van der Waals surface area contributed by atoms with E-state index in [0.717, 1.165) is 30.8 Å². The molecule has 2 saturated heterocycles. The Hall–Kier alpha value is -2.08. The highest BCUT2D eigenvalue weighted by molar-refractivity contribution is 5.80. The maximum absolute atomic E-state index is 12.4. The number of fused-ring (bicyclic) bond motifs is 1. The molecule has 6 heteroatoms. The van der Waals surface area contributed by atoms with Crippen LogP contribution in [0.25, 0.3) is 0 Å². The van der Waals surface area contributed by atoms with Gasteiger partial charge in [0.15, 0.2) is 0 Å². The second kappa shape index (κ2) is 6.58. The average molecular weight is 317 g/mol. The molecule has 0 aromatic heterocycles. The Morgan fingerprint density at radius 2 is 2.22 bits per heavy atom. The first-order chi connectivity index (χ1) is 11.0. The minimum absolute atomic E-state index is 0.0319. The van der Waals surface area contributed by atoms with Gasteiger partial charge in [-0.1, -0.05) is 12.1 Å². The number of carbonyl (C=O) groups is 2. The van der Waals surface area contributed by atoms with E-state index < -0.39 is 0 Å². The van der Waals surface area contributed by atoms with Crippen LogP contribution in [0, 0.1) is 0 Å². The predicted octanol–water partition coefficient (Wildman–Crippen LogP) is 0.616. The number of piperazine rings is 1. The van der Waals surface area contributed by atoms with Gasteiger partial charge < -0.3 is 15.0 Å². The number of ether oxygens (including phenoxy) is 1. The Bertz CT molecular complexity index is 605. The zero-order chi connectivity index (χ0) is 16.4. The minimum atomic E-state index is -0.0319. The van der Waals surface area contributed by atoms with Gasteiger partial charge in [-0.2, -0.15) is 0 Å². The van der Waals surface area contributed by atoms with Gasteiger partial charge in [-0.25, -0.2) is 0 Å². The standard InChI is InChI=1S/C17H23N3O3/c1-12(21)18-14-7-15-10-19(11-17(22)20(15)9-14)8-13-4-3-5-16(6-13)23-2/h3-6,14-15H,7-11H2,1-2H3,(H,18,21). The molecule has 1 aromatic carbocycles. The molecule has 1 aromatic rings. The van der Waals surface area contributed by atoms with E-state index in [1.54, 1.807) is 7.11 Å². The summed E-state index contributed by atoms with van der Waals surface area (Å²) in [7, 11) is 1.65. The monoisotopic (exact) mass is 317 g/mol. The fraction of sp³-hybridized carbons (Fsp3) is 0.529. The number of hydrogen-bond donors (Lipinski definition) is 1. The van der Waals surface area contributed by atoms with Crippen LogP contribution in [-0.2, 0) is 16.1 Å². The van der Waals surface area contributed by atoms with Crippen molar-refractivity contribution in [3.8, 4) is 5.75 Å². The summed E-state index contributed by atoms with van der Waals surface area (Å²) >= 11 is 0. The second-order valence-corrected chi connectivity index (χ2v) is 6.35. The van der Waals surface area contributed by atoms with Crippen LogP contribution >= 0.6 is 0 Å². The van der Waals surface area contributed by atoms with Crippen molar-refractivity contribution in [3.05, 3.63) is 29.8 Å². The van der Waals surface area contributed by atoms with Crippen molar-refractivity contribution in [1.82, 2.24) is 15.1 Å². The van der Waals surface area contributed by atoms with Gasteiger partial charge in [-0.05, 0) is 24.1 Å². The molecule has 2 atom stereocenters. The van der Waals surface area contributed by atoms with Crippen molar-refractivity contribution in [2.24, 2.45) is 0 Å². The number of rotatable bonds is 4. The first-order valence-corrected chi connectivity index (χ1v) is 7.97. The Morgan fingerprint density at radius 1 is 1.39 bits per heavy atom. The van der Waals surface area contributed by atoms with Gasteiger partial charge in [0.25, 0.3) is 0 Å². The van der Waals surface area contributed by atoms with Crippen LogP contribution in [0.5, 0.6) is 5.75 Å². The minimum Gasteiger partial charge on any atom is -0.497 e. The molecular formula is C17H23N3O3. The molecule has 1 N–H and O–H groups in total. The summed E-state index contributed by atoms with van der Waals surface area (Å²) in [5.74, 6) is 0.951. The molecule has 2 aliphatic rings. The molecule has 124 valence electrons. The summed E-state index contributed by atoms with van der Waals surface area (Å²) in [6.07, 6.45) is 0.833. The van der Waals surface area contributed by atoms with Crippen LogP contribution < -0.4 is 10.1 Å². The largest absolute Gasteiger partial charge is 0.497 e. The molecule has 0 radical (unpaired) electrons. The summed E-state index contributed by atoms with van der Waals surface area (Å²) in [4.78, 5) is 27.7. The Kier molecular flexibility index (Phi) is 4.52. The lowest BCUT2D eigenvalue weighted by atomic mass is 10.1. The number of methoxy groups -OCH3 is 1. The molecule has 0 saturated carbocycles. The number of hydrogen-bond acceptors (Lipinski definition) is 4. The maximum Gasteiger partial charge on any atom is 0.237 e. The SMILES string of the molecule is COc1cccc(CN2CC(=O)N3CC(NC(C)=O)CC3C2)c1.